The average Bonchev–Trinajstić information content (AvgIpc) is 2.28. The molecule has 1 aromatic rings. The molecule has 17 heavy (non-hydrogen) atoms. The Bertz CT molecular complexity index is 448. The summed E-state index contributed by atoms with van der Waals surface area (Å²) in [5.74, 6) is -2.09. The number of hydrogen-bond acceptors (Lipinski definition) is 4. The number of aliphatic carboxylic acids is 1. The molecule has 0 aliphatic carbocycles. The summed E-state index contributed by atoms with van der Waals surface area (Å²) in [4.78, 5) is 11.0. The first kappa shape index (κ1) is 13.6. The van der Waals surface area contributed by atoms with E-state index in [1.54, 1.807) is 6.92 Å². The van der Waals surface area contributed by atoms with Gasteiger partial charge in [-0.25, -0.2) is 0 Å². The molecule has 6 heteroatoms. The number of carboxylic acid groups (broad SMARTS) is 1. The number of phenols is 1. The maximum atomic E-state index is 11.0. The van der Waals surface area contributed by atoms with Crippen LogP contribution in [0.3, 0.4) is 0 Å². The largest absolute Gasteiger partial charge is 0.503 e. The minimum absolute atomic E-state index is 0.0281. The standard InChI is InChI=1S/C11H14ClNO4/c1-5-3-7(17-2)10(14)9(12)8(5)6(4-13)11(15)16/h3,6,14H,4,13H2,1-2H3,(H,15,16). The van der Waals surface area contributed by atoms with Gasteiger partial charge in [-0.15, -0.1) is 0 Å². The molecule has 1 atom stereocenters. The van der Waals surface area contributed by atoms with Crippen molar-refractivity contribution < 1.29 is 19.7 Å². The van der Waals surface area contributed by atoms with E-state index < -0.39 is 11.9 Å². The highest BCUT2D eigenvalue weighted by Gasteiger charge is 2.26. The van der Waals surface area contributed by atoms with Crippen molar-refractivity contribution >= 4 is 17.6 Å². The van der Waals surface area contributed by atoms with Gasteiger partial charge in [-0.05, 0) is 24.1 Å². The molecule has 4 N–H and O–H groups in total. The fourth-order valence-corrected chi connectivity index (χ4v) is 2.05. The van der Waals surface area contributed by atoms with Gasteiger partial charge in [0.15, 0.2) is 11.5 Å². The third-order valence-corrected chi connectivity index (χ3v) is 2.93. The number of benzene rings is 1. The van der Waals surface area contributed by atoms with Gasteiger partial charge in [-0.2, -0.15) is 0 Å². The highest BCUT2D eigenvalue weighted by molar-refractivity contribution is 6.33. The van der Waals surface area contributed by atoms with Crippen LogP contribution in [0.25, 0.3) is 0 Å². The lowest BCUT2D eigenvalue weighted by Crippen LogP contribution is -2.22. The molecule has 0 heterocycles. The summed E-state index contributed by atoms with van der Waals surface area (Å²) in [6, 6.07) is 1.53. The van der Waals surface area contributed by atoms with E-state index in [2.05, 4.69) is 0 Å². The number of rotatable bonds is 4. The molecule has 1 aromatic carbocycles. The molecular formula is C11H14ClNO4. The topological polar surface area (TPSA) is 92.8 Å². The van der Waals surface area contributed by atoms with Gasteiger partial charge in [0.25, 0.3) is 0 Å². The van der Waals surface area contributed by atoms with E-state index in [-0.39, 0.29) is 23.1 Å². The summed E-state index contributed by atoms with van der Waals surface area (Å²) in [5.41, 5.74) is 6.34. The molecule has 0 aliphatic heterocycles. The first-order valence-corrected chi connectivity index (χ1v) is 5.30. The van der Waals surface area contributed by atoms with E-state index in [1.807, 2.05) is 0 Å². The third kappa shape index (κ3) is 2.45. The monoisotopic (exact) mass is 259 g/mol. The van der Waals surface area contributed by atoms with Crippen LogP contribution in [0.5, 0.6) is 11.5 Å². The normalized spacial score (nSPS) is 12.2. The smallest absolute Gasteiger partial charge is 0.312 e. The van der Waals surface area contributed by atoms with Gasteiger partial charge in [-0.1, -0.05) is 11.6 Å². The highest BCUT2D eigenvalue weighted by Crippen LogP contribution is 2.41. The second kappa shape index (κ2) is 5.25. The Kier molecular flexibility index (Phi) is 4.20. The van der Waals surface area contributed by atoms with Crippen molar-refractivity contribution in [2.75, 3.05) is 13.7 Å². The lowest BCUT2D eigenvalue weighted by atomic mass is 9.94. The van der Waals surface area contributed by atoms with E-state index in [1.165, 1.54) is 13.2 Å². The number of halogens is 1. The first-order valence-electron chi connectivity index (χ1n) is 4.92. The molecule has 0 aromatic heterocycles. The predicted molar refractivity (Wildman–Crippen MR) is 63.8 cm³/mol. The van der Waals surface area contributed by atoms with Gasteiger partial charge in [0, 0.05) is 6.54 Å². The molecule has 0 saturated heterocycles. The van der Waals surface area contributed by atoms with Gasteiger partial charge >= 0.3 is 5.97 Å². The summed E-state index contributed by atoms with van der Waals surface area (Å²) in [6.07, 6.45) is 0. The number of methoxy groups -OCH3 is 1. The minimum atomic E-state index is -1.08. The number of hydrogen-bond donors (Lipinski definition) is 3. The van der Waals surface area contributed by atoms with Crippen molar-refractivity contribution in [2.45, 2.75) is 12.8 Å². The van der Waals surface area contributed by atoms with E-state index in [4.69, 9.17) is 27.2 Å². The number of nitrogens with two attached hydrogens (primary N) is 1. The van der Waals surface area contributed by atoms with Crippen LogP contribution in [0.4, 0.5) is 0 Å². The molecule has 0 saturated carbocycles. The lowest BCUT2D eigenvalue weighted by molar-refractivity contribution is -0.138. The number of carbonyl (C=O) groups is 1. The molecule has 5 nitrogen and oxygen atoms in total. The zero-order chi connectivity index (χ0) is 13.2. The van der Waals surface area contributed by atoms with Crippen molar-refractivity contribution in [1.29, 1.82) is 0 Å². The first-order chi connectivity index (χ1) is 7.93. The summed E-state index contributed by atoms with van der Waals surface area (Å²) >= 11 is 5.95. The molecule has 0 radical (unpaired) electrons. The Labute approximate surface area is 104 Å². The van der Waals surface area contributed by atoms with Crippen molar-refractivity contribution in [3.8, 4) is 11.5 Å². The van der Waals surface area contributed by atoms with Crippen LogP contribution in [-0.4, -0.2) is 29.8 Å². The maximum Gasteiger partial charge on any atom is 0.312 e. The van der Waals surface area contributed by atoms with Crippen LogP contribution < -0.4 is 10.5 Å². The maximum absolute atomic E-state index is 11.0. The summed E-state index contributed by atoms with van der Waals surface area (Å²) in [7, 11) is 1.39. The molecule has 1 rings (SSSR count). The van der Waals surface area contributed by atoms with Gasteiger partial charge in [0.1, 0.15) is 0 Å². The summed E-state index contributed by atoms with van der Waals surface area (Å²) in [5, 5.41) is 18.8. The Morgan fingerprint density at radius 3 is 2.65 bits per heavy atom. The highest BCUT2D eigenvalue weighted by atomic mass is 35.5. The van der Waals surface area contributed by atoms with Crippen molar-refractivity contribution in [3.63, 3.8) is 0 Å². The van der Waals surface area contributed by atoms with Crippen molar-refractivity contribution in [2.24, 2.45) is 5.73 Å². The molecule has 0 bridgehead atoms. The van der Waals surface area contributed by atoms with Crippen LogP contribution in [-0.2, 0) is 4.79 Å². The van der Waals surface area contributed by atoms with Crippen LogP contribution in [0, 0.1) is 6.92 Å². The van der Waals surface area contributed by atoms with E-state index in [0.717, 1.165) is 0 Å². The van der Waals surface area contributed by atoms with Crippen molar-refractivity contribution in [1.82, 2.24) is 0 Å². The number of ether oxygens (including phenoxy) is 1. The van der Waals surface area contributed by atoms with E-state index in [0.29, 0.717) is 11.1 Å². The average molecular weight is 260 g/mol. The lowest BCUT2D eigenvalue weighted by Gasteiger charge is -2.17. The van der Waals surface area contributed by atoms with Crippen LogP contribution >= 0.6 is 11.6 Å². The van der Waals surface area contributed by atoms with Crippen LogP contribution in [0.1, 0.15) is 17.0 Å². The number of phenolic OH excluding ortho intramolecular Hbond substituents is 1. The van der Waals surface area contributed by atoms with Gasteiger partial charge in [0.2, 0.25) is 0 Å². The number of aromatic hydroxyl groups is 1. The van der Waals surface area contributed by atoms with Gasteiger partial charge < -0.3 is 20.7 Å². The zero-order valence-corrected chi connectivity index (χ0v) is 10.3. The zero-order valence-electron chi connectivity index (χ0n) is 9.53. The molecule has 0 amide bonds. The van der Waals surface area contributed by atoms with Crippen molar-refractivity contribution in [3.05, 3.63) is 22.2 Å². The molecule has 94 valence electrons. The molecule has 0 aliphatic rings. The second-order valence-electron chi connectivity index (χ2n) is 3.60. The summed E-state index contributed by atoms with van der Waals surface area (Å²) in [6.45, 7) is 1.59. The molecule has 1 unspecified atom stereocenters. The predicted octanol–water partition coefficient (Wildman–Crippen LogP) is 1.49. The van der Waals surface area contributed by atoms with Crippen LogP contribution in [0.2, 0.25) is 5.02 Å². The van der Waals surface area contributed by atoms with Crippen LogP contribution in [0.15, 0.2) is 6.07 Å². The second-order valence-corrected chi connectivity index (χ2v) is 3.98. The Morgan fingerprint density at radius 2 is 2.24 bits per heavy atom. The Morgan fingerprint density at radius 1 is 1.65 bits per heavy atom. The van der Waals surface area contributed by atoms with E-state index >= 15 is 0 Å². The Balaban J connectivity index is 3.44. The quantitative estimate of drug-likeness (QED) is 0.762. The Hall–Kier alpha value is -1.46. The fraction of sp³-hybridized carbons (Fsp3) is 0.364. The van der Waals surface area contributed by atoms with E-state index in [9.17, 15) is 9.90 Å². The molecule has 0 fully saturated rings. The van der Waals surface area contributed by atoms with Gasteiger partial charge in [0.05, 0.1) is 18.1 Å². The minimum Gasteiger partial charge on any atom is -0.503 e. The number of aryl methyl sites for hydroxylation is 1. The third-order valence-electron chi connectivity index (χ3n) is 2.55. The van der Waals surface area contributed by atoms with Gasteiger partial charge in [-0.3, -0.25) is 4.79 Å². The molecule has 0 spiro atoms. The summed E-state index contributed by atoms with van der Waals surface area (Å²) < 4.78 is 4.92. The molecular weight excluding hydrogens is 246 g/mol. The SMILES string of the molecule is COc1cc(C)c(C(CN)C(=O)O)c(Cl)c1O. The fourth-order valence-electron chi connectivity index (χ4n) is 1.68. The number of carboxylic acids is 1.